The highest BCUT2D eigenvalue weighted by Gasteiger charge is 2.09. The average molecular weight is 225 g/mol. The Balaban J connectivity index is 2.60. The lowest BCUT2D eigenvalue weighted by atomic mass is 10.1. The van der Waals surface area contributed by atoms with Crippen LogP contribution in [0.25, 0.3) is 10.9 Å². The molecule has 0 spiro atoms. The normalized spacial score (nSPS) is 13.3. The van der Waals surface area contributed by atoms with Gasteiger partial charge in [0.2, 0.25) is 0 Å². The van der Waals surface area contributed by atoms with Crippen LogP contribution in [0.15, 0.2) is 24.4 Å². The van der Waals surface area contributed by atoms with Gasteiger partial charge in [0.1, 0.15) is 0 Å². The van der Waals surface area contributed by atoms with Gasteiger partial charge in [0, 0.05) is 24.1 Å². The number of hydrogen-bond acceptors (Lipinski definition) is 2. The summed E-state index contributed by atoms with van der Waals surface area (Å²) in [5.74, 6) is 0. The quantitative estimate of drug-likeness (QED) is 0.818. The van der Waals surface area contributed by atoms with Crippen molar-refractivity contribution in [2.45, 2.75) is 6.04 Å². The molecule has 1 aromatic carbocycles. The average Bonchev–Trinajstić information content (AvgIpc) is 2.53. The molecule has 2 rings (SSSR count). The number of nitrogens with two attached hydrogens (primary N) is 1. The van der Waals surface area contributed by atoms with Crippen LogP contribution in [-0.4, -0.2) is 16.3 Å². The predicted molar refractivity (Wildman–Crippen MR) is 61.9 cm³/mol. The number of hydrogen-bond donors (Lipinski definition) is 2. The van der Waals surface area contributed by atoms with Crippen molar-refractivity contribution in [1.82, 2.24) is 4.57 Å². The Hall–Kier alpha value is -1.03. The summed E-state index contributed by atoms with van der Waals surface area (Å²) in [7, 11) is 1.94. The first-order valence-corrected chi connectivity index (χ1v) is 5.12. The summed E-state index contributed by atoms with van der Waals surface area (Å²) >= 11 is 6.07. The standard InChI is InChI=1S/C11H13ClN2O/c1-14-5-9(12)8-4-7(10(13)6-15)2-3-11(8)14/h2-5,10,15H,6,13H2,1H3. The molecule has 1 heterocycles. The van der Waals surface area contributed by atoms with Gasteiger partial charge >= 0.3 is 0 Å². The van der Waals surface area contributed by atoms with E-state index in [0.29, 0.717) is 5.02 Å². The molecule has 2 aromatic rings. The van der Waals surface area contributed by atoms with E-state index in [9.17, 15) is 0 Å². The van der Waals surface area contributed by atoms with E-state index >= 15 is 0 Å². The lowest BCUT2D eigenvalue weighted by molar-refractivity contribution is 0.268. The number of aryl methyl sites for hydroxylation is 1. The van der Waals surface area contributed by atoms with E-state index in [0.717, 1.165) is 16.5 Å². The van der Waals surface area contributed by atoms with E-state index in [2.05, 4.69) is 0 Å². The highest BCUT2D eigenvalue weighted by atomic mass is 35.5. The largest absolute Gasteiger partial charge is 0.394 e. The van der Waals surface area contributed by atoms with E-state index in [1.165, 1.54) is 0 Å². The van der Waals surface area contributed by atoms with E-state index in [-0.39, 0.29) is 12.6 Å². The Morgan fingerprint density at radius 3 is 2.93 bits per heavy atom. The summed E-state index contributed by atoms with van der Waals surface area (Å²) in [6.07, 6.45) is 1.86. The maximum atomic E-state index is 8.97. The van der Waals surface area contributed by atoms with Crippen LogP contribution < -0.4 is 5.73 Å². The molecule has 0 saturated carbocycles. The molecule has 0 radical (unpaired) electrons. The van der Waals surface area contributed by atoms with Crippen LogP contribution in [0.4, 0.5) is 0 Å². The van der Waals surface area contributed by atoms with Gasteiger partial charge in [0.15, 0.2) is 0 Å². The van der Waals surface area contributed by atoms with Crippen molar-refractivity contribution in [3.63, 3.8) is 0 Å². The molecule has 15 heavy (non-hydrogen) atoms. The third kappa shape index (κ3) is 1.74. The van der Waals surface area contributed by atoms with E-state index in [1.54, 1.807) is 0 Å². The van der Waals surface area contributed by atoms with Gasteiger partial charge in [0.25, 0.3) is 0 Å². The van der Waals surface area contributed by atoms with Gasteiger partial charge in [-0.25, -0.2) is 0 Å². The number of benzene rings is 1. The minimum Gasteiger partial charge on any atom is -0.394 e. The van der Waals surface area contributed by atoms with Gasteiger partial charge in [-0.05, 0) is 17.7 Å². The first-order chi connectivity index (χ1) is 7.13. The van der Waals surface area contributed by atoms with Crippen LogP contribution in [-0.2, 0) is 7.05 Å². The molecule has 0 bridgehead atoms. The summed E-state index contributed by atoms with van der Waals surface area (Å²) < 4.78 is 1.96. The Bertz CT molecular complexity index is 493. The highest BCUT2D eigenvalue weighted by Crippen LogP contribution is 2.27. The number of fused-ring (bicyclic) bond motifs is 1. The molecule has 0 aliphatic rings. The minimum absolute atomic E-state index is 0.0596. The van der Waals surface area contributed by atoms with Crippen LogP contribution in [0, 0.1) is 0 Å². The maximum absolute atomic E-state index is 8.97. The highest BCUT2D eigenvalue weighted by molar-refractivity contribution is 6.35. The summed E-state index contributed by atoms with van der Waals surface area (Å²) in [6.45, 7) is -0.0596. The lowest BCUT2D eigenvalue weighted by Gasteiger charge is -2.08. The number of aromatic nitrogens is 1. The van der Waals surface area contributed by atoms with Crippen LogP contribution in [0.5, 0.6) is 0 Å². The fourth-order valence-corrected chi connectivity index (χ4v) is 2.00. The van der Waals surface area contributed by atoms with Crippen molar-refractivity contribution in [2.75, 3.05) is 6.61 Å². The van der Waals surface area contributed by atoms with E-state index in [4.69, 9.17) is 22.4 Å². The Morgan fingerprint density at radius 2 is 2.27 bits per heavy atom. The fraction of sp³-hybridized carbons (Fsp3) is 0.273. The number of halogens is 1. The third-order valence-corrected chi connectivity index (χ3v) is 2.89. The van der Waals surface area contributed by atoms with Gasteiger partial charge in [-0.1, -0.05) is 17.7 Å². The van der Waals surface area contributed by atoms with E-state index in [1.807, 2.05) is 36.0 Å². The second-order valence-corrected chi connectivity index (χ2v) is 4.06. The SMILES string of the molecule is Cn1cc(Cl)c2cc(C(N)CO)ccc21. The molecule has 1 atom stereocenters. The van der Waals surface area contributed by atoms with Crippen molar-refractivity contribution >= 4 is 22.5 Å². The molecule has 0 aliphatic carbocycles. The molecule has 1 unspecified atom stereocenters. The van der Waals surface area contributed by atoms with Gasteiger partial charge < -0.3 is 15.4 Å². The molecule has 0 amide bonds. The molecule has 3 N–H and O–H groups in total. The molecular weight excluding hydrogens is 212 g/mol. The van der Waals surface area contributed by atoms with Crippen molar-refractivity contribution in [3.8, 4) is 0 Å². The van der Waals surface area contributed by atoms with Crippen molar-refractivity contribution in [2.24, 2.45) is 12.8 Å². The summed E-state index contributed by atoms with van der Waals surface area (Å²) in [5.41, 5.74) is 7.71. The maximum Gasteiger partial charge on any atom is 0.0661 e. The molecule has 80 valence electrons. The van der Waals surface area contributed by atoms with Gasteiger partial charge in [-0.15, -0.1) is 0 Å². The molecule has 0 aliphatic heterocycles. The van der Waals surface area contributed by atoms with Crippen LogP contribution >= 0.6 is 11.6 Å². The third-order valence-electron chi connectivity index (χ3n) is 2.59. The predicted octanol–water partition coefficient (Wildman–Crippen LogP) is 1.82. The van der Waals surface area contributed by atoms with E-state index < -0.39 is 0 Å². The molecular formula is C11H13ClN2O. The Labute approximate surface area is 93.1 Å². The Kier molecular flexibility index (Phi) is 2.69. The first-order valence-electron chi connectivity index (χ1n) is 4.74. The Morgan fingerprint density at radius 1 is 1.53 bits per heavy atom. The van der Waals surface area contributed by atoms with Crippen molar-refractivity contribution in [3.05, 3.63) is 35.0 Å². The first kappa shape index (κ1) is 10.5. The zero-order chi connectivity index (χ0) is 11.0. The molecule has 0 fully saturated rings. The van der Waals surface area contributed by atoms with Crippen LogP contribution in [0.2, 0.25) is 5.02 Å². The lowest BCUT2D eigenvalue weighted by Crippen LogP contribution is -2.14. The minimum atomic E-state index is -0.342. The summed E-state index contributed by atoms with van der Waals surface area (Å²) in [5, 5.41) is 10.7. The van der Waals surface area contributed by atoms with Crippen LogP contribution in [0.1, 0.15) is 11.6 Å². The molecule has 4 heteroatoms. The zero-order valence-electron chi connectivity index (χ0n) is 8.44. The number of aliphatic hydroxyl groups is 1. The summed E-state index contributed by atoms with van der Waals surface area (Å²) in [4.78, 5) is 0. The smallest absolute Gasteiger partial charge is 0.0661 e. The molecule has 0 saturated heterocycles. The van der Waals surface area contributed by atoms with Gasteiger partial charge in [0.05, 0.1) is 17.7 Å². The zero-order valence-corrected chi connectivity index (χ0v) is 9.20. The second kappa shape index (κ2) is 3.85. The number of aliphatic hydroxyl groups excluding tert-OH is 1. The van der Waals surface area contributed by atoms with Crippen LogP contribution in [0.3, 0.4) is 0 Å². The monoisotopic (exact) mass is 224 g/mol. The number of rotatable bonds is 2. The molecule has 3 nitrogen and oxygen atoms in total. The van der Waals surface area contributed by atoms with Gasteiger partial charge in [-0.3, -0.25) is 0 Å². The van der Waals surface area contributed by atoms with Gasteiger partial charge in [-0.2, -0.15) is 0 Å². The number of nitrogens with zero attached hydrogens (tertiary/aromatic N) is 1. The van der Waals surface area contributed by atoms with Crippen molar-refractivity contribution < 1.29 is 5.11 Å². The topological polar surface area (TPSA) is 51.2 Å². The fourth-order valence-electron chi connectivity index (χ4n) is 1.70. The summed E-state index contributed by atoms with van der Waals surface area (Å²) in [6, 6.07) is 5.47. The second-order valence-electron chi connectivity index (χ2n) is 3.65. The van der Waals surface area contributed by atoms with Crippen molar-refractivity contribution in [1.29, 1.82) is 0 Å². The molecule has 1 aromatic heterocycles.